The molecule has 0 bridgehead atoms. The SMILES string of the molecule is COC(=O)[C@@H](N)CO[C@H]1CC[C@@H](c2ccccc2OCc2ccccc2)CC1. The van der Waals surface area contributed by atoms with E-state index in [2.05, 4.69) is 35.1 Å². The molecule has 2 aromatic rings. The van der Waals surface area contributed by atoms with E-state index in [1.165, 1.54) is 12.7 Å². The highest BCUT2D eigenvalue weighted by Crippen LogP contribution is 2.38. The largest absolute Gasteiger partial charge is 0.489 e. The van der Waals surface area contributed by atoms with Gasteiger partial charge in [0.25, 0.3) is 0 Å². The normalized spacial score (nSPS) is 20.4. The van der Waals surface area contributed by atoms with Crippen molar-refractivity contribution in [3.05, 3.63) is 65.7 Å². The fourth-order valence-corrected chi connectivity index (χ4v) is 3.68. The van der Waals surface area contributed by atoms with Crippen molar-refractivity contribution in [1.29, 1.82) is 0 Å². The van der Waals surface area contributed by atoms with Crippen LogP contribution >= 0.6 is 0 Å². The molecule has 3 rings (SSSR count). The van der Waals surface area contributed by atoms with Gasteiger partial charge in [-0.3, -0.25) is 4.79 Å². The van der Waals surface area contributed by atoms with Crippen LogP contribution in [0.5, 0.6) is 5.75 Å². The van der Waals surface area contributed by atoms with Gasteiger partial charge in [0.05, 0.1) is 19.8 Å². The van der Waals surface area contributed by atoms with Crippen molar-refractivity contribution in [3.8, 4) is 5.75 Å². The molecule has 1 saturated carbocycles. The van der Waals surface area contributed by atoms with Crippen molar-refractivity contribution in [2.75, 3.05) is 13.7 Å². The highest BCUT2D eigenvalue weighted by molar-refractivity contribution is 5.75. The molecule has 0 radical (unpaired) electrons. The maximum atomic E-state index is 11.4. The first-order chi connectivity index (χ1) is 13.7. The molecule has 5 heteroatoms. The highest BCUT2D eigenvalue weighted by Gasteiger charge is 2.26. The molecule has 0 amide bonds. The van der Waals surface area contributed by atoms with Crippen LogP contribution in [0.25, 0.3) is 0 Å². The van der Waals surface area contributed by atoms with Gasteiger partial charge in [-0.15, -0.1) is 0 Å². The molecule has 28 heavy (non-hydrogen) atoms. The highest BCUT2D eigenvalue weighted by atomic mass is 16.5. The molecule has 0 aromatic heterocycles. The van der Waals surface area contributed by atoms with Crippen molar-refractivity contribution in [2.24, 2.45) is 5.73 Å². The fraction of sp³-hybridized carbons (Fsp3) is 0.435. The van der Waals surface area contributed by atoms with Crippen molar-refractivity contribution in [3.63, 3.8) is 0 Å². The van der Waals surface area contributed by atoms with Gasteiger partial charge in [0.1, 0.15) is 18.4 Å². The quantitative estimate of drug-likeness (QED) is 0.702. The second-order valence-corrected chi connectivity index (χ2v) is 7.25. The lowest BCUT2D eigenvalue weighted by molar-refractivity contribution is -0.144. The van der Waals surface area contributed by atoms with Gasteiger partial charge in [-0.25, -0.2) is 0 Å². The van der Waals surface area contributed by atoms with E-state index >= 15 is 0 Å². The predicted octanol–water partition coefficient (Wildman–Crippen LogP) is 3.81. The topological polar surface area (TPSA) is 70.8 Å². The molecule has 0 aliphatic heterocycles. The number of carbonyl (C=O) groups excluding carboxylic acids is 1. The summed E-state index contributed by atoms with van der Waals surface area (Å²) in [6, 6.07) is 17.8. The Kier molecular flexibility index (Phi) is 7.46. The van der Waals surface area contributed by atoms with E-state index in [0.29, 0.717) is 12.5 Å². The summed E-state index contributed by atoms with van der Waals surface area (Å²) in [6.45, 7) is 0.778. The summed E-state index contributed by atoms with van der Waals surface area (Å²) >= 11 is 0. The minimum Gasteiger partial charge on any atom is -0.489 e. The molecule has 2 aromatic carbocycles. The van der Waals surface area contributed by atoms with Crippen LogP contribution in [0.4, 0.5) is 0 Å². The summed E-state index contributed by atoms with van der Waals surface area (Å²) in [6.07, 6.45) is 4.11. The monoisotopic (exact) mass is 383 g/mol. The smallest absolute Gasteiger partial charge is 0.325 e. The second-order valence-electron chi connectivity index (χ2n) is 7.25. The van der Waals surface area contributed by atoms with Crippen molar-refractivity contribution in [2.45, 2.75) is 50.4 Å². The van der Waals surface area contributed by atoms with E-state index in [4.69, 9.17) is 15.2 Å². The minimum atomic E-state index is -0.713. The van der Waals surface area contributed by atoms with Gasteiger partial charge in [0.15, 0.2) is 0 Å². The van der Waals surface area contributed by atoms with Crippen LogP contribution in [0.1, 0.15) is 42.7 Å². The number of methoxy groups -OCH3 is 1. The van der Waals surface area contributed by atoms with Gasteiger partial charge in [-0.2, -0.15) is 0 Å². The molecular weight excluding hydrogens is 354 g/mol. The summed E-state index contributed by atoms with van der Waals surface area (Å²) in [7, 11) is 1.34. The van der Waals surface area contributed by atoms with E-state index < -0.39 is 12.0 Å². The Hall–Kier alpha value is -2.37. The average Bonchev–Trinajstić information content (AvgIpc) is 2.76. The van der Waals surface area contributed by atoms with Crippen LogP contribution in [-0.4, -0.2) is 31.8 Å². The second kappa shape index (κ2) is 10.2. The molecule has 2 N–H and O–H groups in total. The zero-order chi connectivity index (χ0) is 19.8. The van der Waals surface area contributed by atoms with Crippen molar-refractivity contribution in [1.82, 2.24) is 0 Å². The van der Waals surface area contributed by atoms with Crippen LogP contribution in [0.2, 0.25) is 0 Å². The molecule has 150 valence electrons. The third-order valence-corrected chi connectivity index (χ3v) is 5.29. The molecule has 1 aliphatic carbocycles. The Balaban J connectivity index is 1.52. The molecule has 0 unspecified atom stereocenters. The number of esters is 1. The van der Waals surface area contributed by atoms with E-state index in [0.717, 1.165) is 37.0 Å². The van der Waals surface area contributed by atoms with Crippen molar-refractivity contribution >= 4 is 5.97 Å². The molecule has 5 nitrogen and oxygen atoms in total. The lowest BCUT2D eigenvalue weighted by Gasteiger charge is -2.30. The van der Waals surface area contributed by atoms with Crippen LogP contribution in [-0.2, 0) is 20.9 Å². The molecular formula is C23H29NO4. The van der Waals surface area contributed by atoms with Crippen LogP contribution in [0.3, 0.4) is 0 Å². The first kappa shape index (κ1) is 20.4. The first-order valence-electron chi connectivity index (χ1n) is 9.88. The van der Waals surface area contributed by atoms with Gasteiger partial charge in [-0.1, -0.05) is 48.5 Å². The van der Waals surface area contributed by atoms with E-state index in [9.17, 15) is 4.79 Å². The minimum absolute atomic E-state index is 0.143. The average molecular weight is 383 g/mol. The number of carbonyl (C=O) groups is 1. The van der Waals surface area contributed by atoms with Gasteiger partial charge in [0.2, 0.25) is 0 Å². The Morgan fingerprint density at radius 3 is 2.43 bits per heavy atom. The van der Waals surface area contributed by atoms with Gasteiger partial charge in [-0.05, 0) is 48.8 Å². The number of nitrogens with two attached hydrogens (primary N) is 1. The molecule has 1 atom stereocenters. The van der Waals surface area contributed by atoms with Crippen LogP contribution in [0, 0.1) is 0 Å². The van der Waals surface area contributed by atoms with Gasteiger partial charge in [0, 0.05) is 0 Å². The van der Waals surface area contributed by atoms with Gasteiger partial charge >= 0.3 is 5.97 Å². The lowest BCUT2D eigenvalue weighted by Crippen LogP contribution is -2.38. The molecule has 1 aliphatic rings. The fourth-order valence-electron chi connectivity index (χ4n) is 3.68. The Morgan fingerprint density at radius 2 is 1.71 bits per heavy atom. The molecule has 1 fully saturated rings. The maximum Gasteiger partial charge on any atom is 0.325 e. The number of para-hydroxylation sites is 1. The van der Waals surface area contributed by atoms with Gasteiger partial charge < -0.3 is 19.9 Å². The van der Waals surface area contributed by atoms with Crippen molar-refractivity contribution < 1.29 is 19.0 Å². The van der Waals surface area contributed by atoms with E-state index in [-0.39, 0.29) is 12.7 Å². The summed E-state index contributed by atoms with van der Waals surface area (Å²) < 4.78 is 16.6. The van der Waals surface area contributed by atoms with Crippen LogP contribution < -0.4 is 10.5 Å². The summed E-state index contributed by atoms with van der Waals surface area (Å²) in [5.74, 6) is 0.989. The number of benzene rings is 2. The molecule has 0 heterocycles. The number of rotatable bonds is 8. The summed E-state index contributed by atoms with van der Waals surface area (Å²) in [5.41, 5.74) is 8.18. The van der Waals surface area contributed by atoms with Crippen LogP contribution in [0.15, 0.2) is 54.6 Å². The maximum absolute atomic E-state index is 11.4. The third-order valence-electron chi connectivity index (χ3n) is 5.29. The molecule has 0 saturated heterocycles. The number of ether oxygens (including phenoxy) is 3. The summed E-state index contributed by atoms with van der Waals surface area (Å²) in [4.78, 5) is 11.4. The zero-order valence-electron chi connectivity index (χ0n) is 16.4. The Labute approximate surface area is 166 Å². The molecule has 0 spiro atoms. The Morgan fingerprint density at radius 1 is 1.04 bits per heavy atom. The lowest BCUT2D eigenvalue weighted by atomic mass is 9.82. The first-order valence-corrected chi connectivity index (χ1v) is 9.88. The van der Waals surface area contributed by atoms with E-state index in [1.54, 1.807) is 0 Å². The Bertz CT molecular complexity index is 741. The summed E-state index contributed by atoms with van der Waals surface area (Å²) in [5, 5.41) is 0. The third kappa shape index (κ3) is 5.57. The number of hydrogen-bond donors (Lipinski definition) is 1. The number of hydrogen-bond acceptors (Lipinski definition) is 5. The predicted molar refractivity (Wildman–Crippen MR) is 108 cm³/mol. The van der Waals surface area contributed by atoms with E-state index in [1.807, 2.05) is 24.3 Å². The standard InChI is InChI=1S/C23H29NO4/c1-26-23(25)21(24)16-27-19-13-11-18(12-14-19)20-9-5-6-10-22(20)28-15-17-7-3-2-4-8-17/h2-10,18-19,21H,11-16,24H2,1H3/t18-,19+,21-/m0/s1. The zero-order valence-corrected chi connectivity index (χ0v) is 16.4.